The number of aliphatic hydroxyl groups excluding tert-OH is 1. The Labute approximate surface area is 136 Å². The van der Waals surface area contributed by atoms with Gasteiger partial charge in [0.2, 0.25) is 0 Å². The normalized spacial score (nSPS) is 11.2. The van der Waals surface area contributed by atoms with Crippen molar-refractivity contribution in [3.05, 3.63) is 51.3 Å². The molecule has 0 fully saturated rings. The Hall–Kier alpha value is -1.98. The summed E-state index contributed by atoms with van der Waals surface area (Å²) in [6.45, 7) is 6.80. The number of nitrogens with two attached hydrogens (primary N) is 1. The predicted octanol–water partition coefficient (Wildman–Crippen LogP) is 1.87. The van der Waals surface area contributed by atoms with Crippen molar-refractivity contribution in [1.82, 2.24) is 9.78 Å². The van der Waals surface area contributed by atoms with Crippen LogP contribution in [0.5, 0.6) is 0 Å². The first-order valence-electron chi connectivity index (χ1n) is 7.98. The molecule has 1 heterocycles. The van der Waals surface area contributed by atoms with Gasteiger partial charge in [0, 0.05) is 42.8 Å². The molecule has 0 unspecified atom stereocenters. The topological polar surface area (TPSA) is 81.1 Å². The Morgan fingerprint density at radius 1 is 1.22 bits per heavy atom. The van der Waals surface area contributed by atoms with Gasteiger partial charge in [-0.3, -0.25) is 4.79 Å². The second-order valence-electron chi connectivity index (χ2n) is 6.23. The summed E-state index contributed by atoms with van der Waals surface area (Å²) in [4.78, 5) is 12.6. The van der Waals surface area contributed by atoms with Gasteiger partial charge >= 0.3 is 0 Å². The zero-order valence-corrected chi connectivity index (χ0v) is 14.0. The Kier molecular flexibility index (Phi) is 5.69. The van der Waals surface area contributed by atoms with Crippen LogP contribution in [-0.4, -0.2) is 21.5 Å². The van der Waals surface area contributed by atoms with Crippen LogP contribution in [0.2, 0.25) is 0 Å². The third kappa shape index (κ3) is 3.86. The second-order valence-corrected chi connectivity index (χ2v) is 6.23. The van der Waals surface area contributed by atoms with Crippen LogP contribution in [0.25, 0.3) is 11.3 Å². The minimum Gasteiger partial charge on any atom is -0.396 e. The van der Waals surface area contributed by atoms with Gasteiger partial charge < -0.3 is 10.8 Å². The minimum absolute atomic E-state index is 0.0821. The number of aliphatic hydroxyl groups is 1. The molecule has 0 spiro atoms. The summed E-state index contributed by atoms with van der Waals surface area (Å²) in [6, 6.07) is 8.01. The van der Waals surface area contributed by atoms with Crippen molar-refractivity contribution in [2.75, 3.05) is 6.61 Å². The lowest BCUT2D eigenvalue weighted by Gasteiger charge is -2.17. The molecule has 1 aromatic heterocycles. The van der Waals surface area contributed by atoms with Gasteiger partial charge in [0.15, 0.2) is 0 Å². The van der Waals surface area contributed by atoms with Crippen LogP contribution in [0.1, 0.15) is 30.5 Å². The van der Waals surface area contributed by atoms with Crippen molar-refractivity contribution in [1.29, 1.82) is 0 Å². The molecular formula is C18H25N3O2. The molecule has 2 rings (SSSR count). The molecule has 2 aromatic rings. The van der Waals surface area contributed by atoms with E-state index in [1.165, 1.54) is 4.68 Å². The summed E-state index contributed by atoms with van der Waals surface area (Å²) in [7, 11) is 0. The number of nitrogens with zero attached hydrogens (tertiary/aromatic N) is 2. The molecule has 0 amide bonds. The van der Waals surface area contributed by atoms with E-state index in [-0.39, 0.29) is 18.7 Å². The van der Waals surface area contributed by atoms with E-state index in [4.69, 9.17) is 5.73 Å². The third-order valence-corrected chi connectivity index (χ3v) is 3.79. The summed E-state index contributed by atoms with van der Waals surface area (Å²) in [5.74, 6) is 0.303. The number of benzene rings is 1. The van der Waals surface area contributed by atoms with Crippen LogP contribution >= 0.6 is 0 Å². The fraction of sp³-hybridized carbons (Fsp3) is 0.444. The van der Waals surface area contributed by atoms with E-state index in [1.807, 2.05) is 45.0 Å². The Morgan fingerprint density at radius 3 is 2.39 bits per heavy atom. The SMILES string of the molecule is Cc1ccc(-c2nn(CC(C)C)c(=O)c(CCO)c2CN)cc1. The molecule has 1 aromatic carbocycles. The fourth-order valence-corrected chi connectivity index (χ4v) is 2.66. The van der Waals surface area contributed by atoms with Gasteiger partial charge in [0.1, 0.15) is 0 Å². The lowest BCUT2D eigenvalue weighted by atomic mass is 9.99. The summed E-state index contributed by atoms with van der Waals surface area (Å²) < 4.78 is 1.50. The molecule has 0 saturated heterocycles. The van der Waals surface area contributed by atoms with Gasteiger partial charge in [0.05, 0.1) is 5.69 Å². The van der Waals surface area contributed by atoms with Crippen molar-refractivity contribution >= 4 is 0 Å². The number of aryl methyl sites for hydroxylation is 1. The standard InChI is InChI=1S/C18H25N3O2/c1-12(2)11-21-18(23)15(8-9-22)16(10-19)17(20-21)14-6-4-13(3)5-7-14/h4-7,12,22H,8-11,19H2,1-3H3. The molecule has 5 heteroatoms. The fourth-order valence-electron chi connectivity index (χ4n) is 2.66. The molecule has 5 nitrogen and oxygen atoms in total. The van der Waals surface area contributed by atoms with Crippen LogP contribution in [0.4, 0.5) is 0 Å². The van der Waals surface area contributed by atoms with Crippen LogP contribution in [0, 0.1) is 12.8 Å². The Balaban J connectivity index is 2.70. The van der Waals surface area contributed by atoms with E-state index in [1.54, 1.807) is 0 Å². The Morgan fingerprint density at radius 2 is 1.87 bits per heavy atom. The molecular weight excluding hydrogens is 290 g/mol. The van der Waals surface area contributed by atoms with Crippen molar-refractivity contribution in [3.8, 4) is 11.3 Å². The molecule has 0 aliphatic rings. The largest absolute Gasteiger partial charge is 0.396 e. The van der Waals surface area contributed by atoms with Crippen molar-refractivity contribution in [3.63, 3.8) is 0 Å². The van der Waals surface area contributed by atoms with Crippen LogP contribution < -0.4 is 11.3 Å². The number of aromatic nitrogens is 2. The highest BCUT2D eigenvalue weighted by atomic mass is 16.3. The summed E-state index contributed by atoms with van der Waals surface area (Å²) in [5, 5.41) is 13.9. The lowest BCUT2D eigenvalue weighted by molar-refractivity contribution is 0.298. The van der Waals surface area contributed by atoms with Crippen LogP contribution in [0.15, 0.2) is 29.1 Å². The molecule has 124 valence electrons. The van der Waals surface area contributed by atoms with Crippen molar-refractivity contribution in [2.45, 2.75) is 40.3 Å². The summed E-state index contributed by atoms with van der Waals surface area (Å²) in [6.07, 6.45) is 0.296. The average molecular weight is 315 g/mol. The quantitative estimate of drug-likeness (QED) is 0.852. The predicted molar refractivity (Wildman–Crippen MR) is 92.2 cm³/mol. The highest BCUT2D eigenvalue weighted by molar-refractivity contribution is 5.64. The van der Waals surface area contributed by atoms with E-state index in [0.29, 0.717) is 24.4 Å². The number of hydrogen-bond donors (Lipinski definition) is 2. The van der Waals surface area contributed by atoms with Crippen molar-refractivity contribution in [2.24, 2.45) is 11.7 Å². The molecule has 23 heavy (non-hydrogen) atoms. The van der Waals surface area contributed by atoms with Gasteiger partial charge in [-0.2, -0.15) is 5.10 Å². The van der Waals surface area contributed by atoms with E-state index >= 15 is 0 Å². The maximum Gasteiger partial charge on any atom is 0.270 e. The van der Waals surface area contributed by atoms with E-state index < -0.39 is 0 Å². The van der Waals surface area contributed by atoms with E-state index in [0.717, 1.165) is 22.4 Å². The Bertz CT molecular complexity index is 718. The van der Waals surface area contributed by atoms with Gasteiger partial charge in [-0.25, -0.2) is 4.68 Å². The highest BCUT2D eigenvalue weighted by Crippen LogP contribution is 2.23. The lowest BCUT2D eigenvalue weighted by Crippen LogP contribution is -2.31. The smallest absolute Gasteiger partial charge is 0.270 e. The first-order chi connectivity index (χ1) is 11.0. The second kappa shape index (κ2) is 7.53. The molecule has 0 atom stereocenters. The maximum absolute atomic E-state index is 12.6. The summed E-state index contributed by atoms with van der Waals surface area (Å²) in [5.41, 5.74) is 9.88. The third-order valence-electron chi connectivity index (χ3n) is 3.79. The number of rotatable bonds is 6. The van der Waals surface area contributed by atoms with Gasteiger partial charge in [-0.15, -0.1) is 0 Å². The molecule has 0 saturated carbocycles. The van der Waals surface area contributed by atoms with Crippen molar-refractivity contribution < 1.29 is 5.11 Å². The van der Waals surface area contributed by atoms with Gasteiger partial charge in [0.25, 0.3) is 5.56 Å². The first kappa shape index (κ1) is 17.4. The average Bonchev–Trinajstić information content (AvgIpc) is 2.51. The number of hydrogen-bond acceptors (Lipinski definition) is 4. The van der Waals surface area contributed by atoms with Gasteiger partial charge in [-0.1, -0.05) is 43.7 Å². The zero-order valence-electron chi connectivity index (χ0n) is 14.0. The first-order valence-corrected chi connectivity index (χ1v) is 7.98. The monoisotopic (exact) mass is 315 g/mol. The summed E-state index contributed by atoms with van der Waals surface area (Å²) >= 11 is 0. The highest BCUT2D eigenvalue weighted by Gasteiger charge is 2.17. The minimum atomic E-state index is -0.149. The zero-order chi connectivity index (χ0) is 17.0. The molecule has 0 radical (unpaired) electrons. The molecule has 0 bridgehead atoms. The van der Waals surface area contributed by atoms with Crippen LogP contribution in [0.3, 0.4) is 0 Å². The van der Waals surface area contributed by atoms with Gasteiger partial charge in [-0.05, 0) is 12.8 Å². The van der Waals surface area contributed by atoms with Crippen LogP contribution in [-0.2, 0) is 19.5 Å². The maximum atomic E-state index is 12.6. The van der Waals surface area contributed by atoms with E-state index in [2.05, 4.69) is 5.10 Å². The molecule has 0 aliphatic heterocycles. The van der Waals surface area contributed by atoms with E-state index in [9.17, 15) is 9.90 Å². The molecule has 3 N–H and O–H groups in total. The molecule has 0 aliphatic carbocycles.